The van der Waals surface area contributed by atoms with Gasteiger partial charge in [-0.2, -0.15) is 0 Å². The quantitative estimate of drug-likeness (QED) is 0.483. The number of carbonyl (C=O) groups excluding carboxylic acids is 4. The molecule has 10 heteroatoms. The molecule has 2 aromatic carbocycles. The zero-order chi connectivity index (χ0) is 20.0. The smallest absolute Gasteiger partial charge is 0.282 e. The Hall–Kier alpha value is -4.08. The van der Waals surface area contributed by atoms with E-state index >= 15 is 0 Å². The van der Waals surface area contributed by atoms with Crippen molar-refractivity contribution < 1.29 is 24.1 Å². The molecule has 0 aliphatic carbocycles. The molecule has 140 valence electrons. The first kappa shape index (κ1) is 17.3. The van der Waals surface area contributed by atoms with E-state index in [1.807, 2.05) is 0 Å². The maximum atomic E-state index is 12.8. The molecule has 0 atom stereocenters. The van der Waals surface area contributed by atoms with Crippen molar-refractivity contribution in [1.82, 2.24) is 4.90 Å². The highest BCUT2D eigenvalue weighted by Crippen LogP contribution is 2.32. The summed E-state index contributed by atoms with van der Waals surface area (Å²) in [5, 5.41) is 13.8. The molecule has 2 heterocycles. The Kier molecular flexibility index (Phi) is 3.88. The van der Waals surface area contributed by atoms with Gasteiger partial charge in [-0.05, 0) is 18.2 Å². The van der Waals surface area contributed by atoms with E-state index in [4.69, 9.17) is 0 Å². The lowest BCUT2D eigenvalue weighted by Crippen LogP contribution is -2.47. The minimum atomic E-state index is -0.907. The normalized spacial score (nSPS) is 15.2. The predicted molar refractivity (Wildman–Crippen MR) is 95.9 cm³/mol. The molecule has 0 aromatic heterocycles. The van der Waals surface area contributed by atoms with Crippen molar-refractivity contribution in [2.45, 2.75) is 0 Å². The lowest BCUT2D eigenvalue weighted by molar-refractivity contribution is -0.385. The molecule has 0 radical (unpaired) electrons. The third-order valence-electron chi connectivity index (χ3n) is 4.54. The average Bonchev–Trinajstić information content (AvgIpc) is 2.92. The Morgan fingerprint density at radius 2 is 1.82 bits per heavy atom. The van der Waals surface area contributed by atoms with Crippen LogP contribution >= 0.6 is 0 Å². The van der Waals surface area contributed by atoms with Gasteiger partial charge in [0, 0.05) is 6.07 Å². The third kappa shape index (κ3) is 2.58. The topological polar surface area (TPSA) is 130 Å². The van der Waals surface area contributed by atoms with Gasteiger partial charge in [0.15, 0.2) is 0 Å². The molecule has 1 N–H and O–H groups in total. The second-order valence-corrected chi connectivity index (χ2v) is 6.20. The van der Waals surface area contributed by atoms with E-state index in [2.05, 4.69) is 5.32 Å². The molecule has 0 unspecified atom stereocenters. The number of anilines is 2. The van der Waals surface area contributed by atoms with E-state index in [-0.39, 0.29) is 17.7 Å². The summed E-state index contributed by atoms with van der Waals surface area (Å²) in [4.78, 5) is 62.1. The van der Waals surface area contributed by atoms with Crippen LogP contribution in [0.15, 0.2) is 42.5 Å². The minimum Gasteiger partial charge on any atom is -0.323 e. The fourth-order valence-electron chi connectivity index (χ4n) is 3.29. The molecule has 0 saturated heterocycles. The Labute approximate surface area is 157 Å². The van der Waals surface area contributed by atoms with Crippen LogP contribution in [0.3, 0.4) is 0 Å². The summed E-state index contributed by atoms with van der Waals surface area (Å²) in [6.07, 6.45) is 0. The number of nitrogens with zero attached hydrogens (tertiary/aromatic N) is 3. The van der Waals surface area contributed by atoms with Crippen molar-refractivity contribution in [1.29, 1.82) is 0 Å². The molecule has 4 amide bonds. The van der Waals surface area contributed by atoms with Gasteiger partial charge in [-0.1, -0.05) is 18.2 Å². The third-order valence-corrected chi connectivity index (χ3v) is 4.54. The predicted octanol–water partition coefficient (Wildman–Crippen LogP) is 1.18. The Morgan fingerprint density at radius 3 is 2.57 bits per heavy atom. The number of hydrogen-bond acceptors (Lipinski definition) is 6. The van der Waals surface area contributed by atoms with Crippen molar-refractivity contribution in [3.05, 3.63) is 63.7 Å². The number of fused-ring (bicyclic) bond motifs is 2. The van der Waals surface area contributed by atoms with Crippen LogP contribution in [0.5, 0.6) is 0 Å². The Morgan fingerprint density at radius 1 is 1.07 bits per heavy atom. The van der Waals surface area contributed by atoms with Crippen molar-refractivity contribution in [3.8, 4) is 0 Å². The van der Waals surface area contributed by atoms with E-state index in [1.165, 1.54) is 17.0 Å². The monoisotopic (exact) mass is 380 g/mol. The van der Waals surface area contributed by atoms with Gasteiger partial charge in [0.1, 0.15) is 18.7 Å². The summed E-state index contributed by atoms with van der Waals surface area (Å²) in [6.45, 7) is -0.899. The number of para-hydroxylation sites is 2. The molecule has 2 aliphatic heterocycles. The SMILES string of the molecule is O=C1CN(C(=O)CN2C(=O)c3cccc([N+](=O)[O-])c3C2=O)c2ccccc2N1. The number of imide groups is 1. The summed E-state index contributed by atoms with van der Waals surface area (Å²) in [7, 11) is 0. The van der Waals surface area contributed by atoms with E-state index in [1.54, 1.807) is 24.3 Å². The number of carbonyl (C=O) groups is 4. The first-order valence-electron chi connectivity index (χ1n) is 8.21. The molecule has 2 aliphatic rings. The molecule has 0 fully saturated rings. The lowest BCUT2D eigenvalue weighted by Gasteiger charge is -2.30. The molecule has 10 nitrogen and oxygen atoms in total. The van der Waals surface area contributed by atoms with E-state index in [9.17, 15) is 29.3 Å². The van der Waals surface area contributed by atoms with E-state index in [0.717, 1.165) is 6.07 Å². The van der Waals surface area contributed by atoms with Crippen LogP contribution in [0.25, 0.3) is 0 Å². The van der Waals surface area contributed by atoms with Gasteiger partial charge in [0.05, 0.1) is 21.9 Å². The number of nitro benzene ring substituents is 1. The number of nitro groups is 1. The van der Waals surface area contributed by atoms with Crippen molar-refractivity contribution in [2.24, 2.45) is 0 Å². The Bertz CT molecular complexity index is 1080. The van der Waals surface area contributed by atoms with Crippen LogP contribution in [0.2, 0.25) is 0 Å². The number of amides is 4. The molecule has 0 saturated carbocycles. The number of hydrogen-bond donors (Lipinski definition) is 1. The second-order valence-electron chi connectivity index (χ2n) is 6.20. The van der Waals surface area contributed by atoms with Crippen LogP contribution in [0, 0.1) is 10.1 Å². The highest BCUT2D eigenvalue weighted by Gasteiger charge is 2.42. The molecule has 0 spiro atoms. The summed E-state index contributed by atoms with van der Waals surface area (Å²) in [5.41, 5.74) is -0.0702. The molecule has 4 rings (SSSR count). The number of benzene rings is 2. The molecule has 2 aromatic rings. The van der Waals surface area contributed by atoms with Crippen LogP contribution < -0.4 is 10.2 Å². The standard InChI is InChI=1S/C18H12N4O6/c23-14-8-20(12-6-2-1-5-11(12)19-14)15(24)9-21-17(25)10-4-3-7-13(22(27)28)16(10)18(21)26/h1-7H,8-9H2,(H,19,23). The van der Waals surface area contributed by atoms with Crippen molar-refractivity contribution >= 4 is 40.7 Å². The zero-order valence-electron chi connectivity index (χ0n) is 14.2. The summed E-state index contributed by atoms with van der Waals surface area (Å²) in [6, 6.07) is 10.4. The van der Waals surface area contributed by atoms with Gasteiger partial charge in [0.25, 0.3) is 17.5 Å². The maximum absolute atomic E-state index is 12.8. The molecule has 28 heavy (non-hydrogen) atoms. The van der Waals surface area contributed by atoms with Gasteiger partial charge < -0.3 is 5.32 Å². The highest BCUT2D eigenvalue weighted by atomic mass is 16.6. The van der Waals surface area contributed by atoms with Gasteiger partial charge in [-0.15, -0.1) is 0 Å². The zero-order valence-corrected chi connectivity index (χ0v) is 14.2. The second kappa shape index (κ2) is 6.27. The largest absolute Gasteiger partial charge is 0.323 e. The van der Waals surface area contributed by atoms with Crippen LogP contribution in [-0.4, -0.2) is 46.5 Å². The van der Waals surface area contributed by atoms with Crippen LogP contribution in [0.4, 0.5) is 17.1 Å². The van der Waals surface area contributed by atoms with Gasteiger partial charge in [-0.25, -0.2) is 0 Å². The molecule has 0 bridgehead atoms. The fraction of sp³-hybridized carbons (Fsp3) is 0.111. The first-order valence-corrected chi connectivity index (χ1v) is 8.21. The number of rotatable bonds is 3. The highest BCUT2D eigenvalue weighted by molar-refractivity contribution is 6.24. The number of nitrogens with one attached hydrogen (secondary N) is 1. The van der Waals surface area contributed by atoms with E-state index < -0.39 is 40.8 Å². The van der Waals surface area contributed by atoms with Crippen molar-refractivity contribution in [3.63, 3.8) is 0 Å². The summed E-state index contributed by atoms with van der Waals surface area (Å²) >= 11 is 0. The minimum absolute atomic E-state index is 0.121. The Balaban J connectivity index is 1.64. The van der Waals surface area contributed by atoms with Gasteiger partial charge in [-0.3, -0.25) is 39.1 Å². The van der Waals surface area contributed by atoms with Gasteiger partial charge in [0.2, 0.25) is 11.8 Å². The van der Waals surface area contributed by atoms with E-state index in [0.29, 0.717) is 16.3 Å². The first-order chi connectivity index (χ1) is 13.4. The van der Waals surface area contributed by atoms with Crippen LogP contribution in [0.1, 0.15) is 20.7 Å². The molecular formula is C18H12N4O6. The van der Waals surface area contributed by atoms with Gasteiger partial charge >= 0.3 is 0 Å². The molecular weight excluding hydrogens is 368 g/mol. The van der Waals surface area contributed by atoms with Crippen LogP contribution in [-0.2, 0) is 9.59 Å². The average molecular weight is 380 g/mol. The maximum Gasteiger partial charge on any atom is 0.282 e. The summed E-state index contributed by atoms with van der Waals surface area (Å²) in [5.74, 6) is -2.76. The van der Waals surface area contributed by atoms with Crippen molar-refractivity contribution in [2.75, 3.05) is 23.3 Å². The summed E-state index contributed by atoms with van der Waals surface area (Å²) < 4.78 is 0. The lowest BCUT2D eigenvalue weighted by atomic mass is 10.1. The fourth-order valence-corrected chi connectivity index (χ4v) is 3.29.